The molecule has 212 valence electrons. The Balaban J connectivity index is 1.02. The van der Waals surface area contributed by atoms with E-state index in [1.165, 1.54) is 10.6 Å². The SMILES string of the molecule is Nc1nc2c(ncn2CCN2CCN(c3cc(O[C@@H]4CCNC4=O)c(F)cc3F)CC2)c2nc(-c3ccco3)nn12. The fourth-order valence-corrected chi connectivity index (χ4v) is 5.26. The molecule has 2 fully saturated rings. The normalized spacial score (nSPS) is 18.0. The van der Waals surface area contributed by atoms with Gasteiger partial charge in [-0.3, -0.25) is 9.69 Å². The van der Waals surface area contributed by atoms with Crippen LogP contribution in [-0.2, 0) is 11.3 Å². The van der Waals surface area contributed by atoms with Crippen molar-refractivity contribution in [3.8, 4) is 17.3 Å². The van der Waals surface area contributed by atoms with Crippen LogP contribution >= 0.6 is 0 Å². The topological polar surface area (TPSA) is 145 Å². The van der Waals surface area contributed by atoms with Crippen molar-refractivity contribution in [2.75, 3.05) is 49.9 Å². The van der Waals surface area contributed by atoms with Crippen LogP contribution in [-0.4, -0.2) is 85.3 Å². The summed E-state index contributed by atoms with van der Waals surface area (Å²) in [6.45, 7) is 4.19. The highest BCUT2D eigenvalue weighted by Crippen LogP contribution is 2.30. The second-order valence-electron chi connectivity index (χ2n) is 9.98. The van der Waals surface area contributed by atoms with Crippen molar-refractivity contribution < 1.29 is 22.7 Å². The number of aromatic nitrogens is 6. The molecule has 41 heavy (non-hydrogen) atoms. The van der Waals surface area contributed by atoms with Crippen molar-refractivity contribution in [2.24, 2.45) is 0 Å². The second-order valence-corrected chi connectivity index (χ2v) is 9.98. The lowest BCUT2D eigenvalue weighted by atomic mass is 10.2. The van der Waals surface area contributed by atoms with Crippen LogP contribution in [0.5, 0.6) is 5.75 Å². The fourth-order valence-electron chi connectivity index (χ4n) is 5.26. The molecule has 0 unspecified atom stereocenters. The number of anilines is 2. The van der Waals surface area contributed by atoms with E-state index in [4.69, 9.17) is 14.9 Å². The van der Waals surface area contributed by atoms with Gasteiger partial charge in [0, 0.05) is 64.4 Å². The number of amides is 1. The molecule has 0 spiro atoms. The fraction of sp³-hybridized carbons (Fsp3) is 0.346. The average molecular weight is 565 g/mol. The van der Waals surface area contributed by atoms with Gasteiger partial charge in [0.1, 0.15) is 5.82 Å². The molecule has 2 aliphatic rings. The molecular weight excluding hydrogens is 538 g/mol. The molecule has 0 bridgehead atoms. The van der Waals surface area contributed by atoms with Crippen LogP contribution in [0.2, 0.25) is 0 Å². The molecule has 6 heterocycles. The minimum atomic E-state index is -0.827. The lowest BCUT2D eigenvalue weighted by Crippen LogP contribution is -2.47. The summed E-state index contributed by atoms with van der Waals surface area (Å²) < 4.78 is 43.5. The third-order valence-electron chi connectivity index (χ3n) is 7.45. The van der Waals surface area contributed by atoms with Gasteiger partial charge in [0.2, 0.25) is 11.8 Å². The van der Waals surface area contributed by atoms with Gasteiger partial charge in [-0.05, 0) is 12.1 Å². The van der Waals surface area contributed by atoms with Crippen LogP contribution in [0.25, 0.3) is 28.4 Å². The van der Waals surface area contributed by atoms with E-state index >= 15 is 0 Å². The first-order chi connectivity index (χ1) is 19.9. The zero-order valence-electron chi connectivity index (χ0n) is 21.8. The van der Waals surface area contributed by atoms with Crippen LogP contribution in [0.4, 0.5) is 20.4 Å². The third kappa shape index (κ3) is 4.57. The van der Waals surface area contributed by atoms with Gasteiger partial charge in [-0.25, -0.2) is 18.7 Å². The quantitative estimate of drug-likeness (QED) is 0.300. The summed E-state index contributed by atoms with van der Waals surface area (Å²) in [6, 6.07) is 5.69. The van der Waals surface area contributed by atoms with E-state index in [-0.39, 0.29) is 23.3 Å². The van der Waals surface area contributed by atoms with E-state index in [9.17, 15) is 13.6 Å². The van der Waals surface area contributed by atoms with Crippen LogP contribution in [0.15, 0.2) is 41.3 Å². The molecule has 0 radical (unpaired) electrons. The molecule has 15 heteroatoms. The number of nitrogens with one attached hydrogen (secondary N) is 1. The molecule has 13 nitrogen and oxygen atoms in total. The Morgan fingerprint density at radius 3 is 2.71 bits per heavy atom. The van der Waals surface area contributed by atoms with Gasteiger partial charge in [0.05, 0.1) is 18.3 Å². The number of nitrogens with two attached hydrogens (primary N) is 1. The van der Waals surface area contributed by atoms with Crippen molar-refractivity contribution in [1.82, 2.24) is 39.3 Å². The lowest BCUT2D eigenvalue weighted by molar-refractivity contribution is -0.125. The molecule has 0 aliphatic carbocycles. The number of halogens is 2. The highest BCUT2D eigenvalue weighted by Gasteiger charge is 2.28. The third-order valence-corrected chi connectivity index (χ3v) is 7.45. The predicted molar refractivity (Wildman–Crippen MR) is 143 cm³/mol. The number of nitrogen functional groups attached to an aromatic ring is 1. The highest BCUT2D eigenvalue weighted by molar-refractivity contribution is 5.87. The van der Waals surface area contributed by atoms with E-state index < -0.39 is 17.7 Å². The average Bonchev–Trinajstić information content (AvgIpc) is 3.77. The number of nitrogens with zero attached hydrogens (tertiary/aromatic N) is 8. The van der Waals surface area contributed by atoms with Gasteiger partial charge >= 0.3 is 0 Å². The molecule has 1 atom stereocenters. The first-order valence-corrected chi connectivity index (χ1v) is 13.3. The van der Waals surface area contributed by atoms with E-state index in [0.29, 0.717) is 80.6 Å². The molecule has 1 aromatic carbocycles. The highest BCUT2D eigenvalue weighted by atomic mass is 19.1. The lowest BCUT2D eigenvalue weighted by Gasteiger charge is -2.36. The summed E-state index contributed by atoms with van der Waals surface area (Å²) in [4.78, 5) is 29.5. The zero-order valence-corrected chi connectivity index (χ0v) is 21.8. The summed E-state index contributed by atoms with van der Waals surface area (Å²) in [7, 11) is 0. The van der Waals surface area contributed by atoms with Crippen LogP contribution in [0.1, 0.15) is 6.42 Å². The van der Waals surface area contributed by atoms with Crippen molar-refractivity contribution in [1.29, 1.82) is 0 Å². The molecule has 3 N–H and O–H groups in total. The van der Waals surface area contributed by atoms with Crippen LogP contribution in [0.3, 0.4) is 0 Å². The summed E-state index contributed by atoms with van der Waals surface area (Å²) in [6.07, 6.45) is 2.91. The maximum atomic E-state index is 14.7. The summed E-state index contributed by atoms with van der Waals surface area (Å²) in [5, 5.41) is 7.05. The molecule has 1 amide bonds. The number of imidazole rings is 1. The summed E-state index contributed by atoms with van der Waals surface area (Å²) >= 11 is 0. The minimum absolute atomic E-state index is 0.122. The second kappa shape index (κ2) is 9.99. The maximum absolute atomic E-state index is 14.7. The van der Waals surface area contributed by atoms with Gasteiger partial charge in [0.25, 0.3) is 5.91 Å². The molecular formula is C26H26F2N10O3. The number of furan rings is 1. The van der Waals surface area contributed by atoms with Gasteiger partial charge in [-0.15, -0.1) is 5.10 Å². The van der Waals surface area contributed by atoms with Gasteiger partial charge < -0.3 is 29.7 Å². The predicted octanol–water partition coefficient (Wildman–Crippen LogP) is 1.68. The van der Waals surface area contributed by atoms with Crippen molar-refractivity contribution in [3.63, 3.8) is 0 Å². The zero-order chi connectivity index (χ0) is 28.1. The first kappa shape index (κ1) is 25.2. The summed E-state index contributed by atoms with van der Waals surface area (Å²) in [5.41, 5.74) is 8.11. The Morgan fingerprint density at radius 1 is 1.10 bits per heavy atom. The molecule has 0 saturated carbocycles. The minimum Gasteiger partial charge on any atom is -0.477 e. The molecule has 2 aliphatic heterocycles. The Kier molecular flexibility index (Phi) is 6.14. The number of ether oxygens (including phenoxy) is 1. The first-order valence-electron chi connectivity index (χ1n) is 13.3. The van der Waals surface area contributed by atoms with Crippen molar-refractivity contribution >= 4 is 34.4 Å². The van der Waals surface area contributed by atoms with Gasteiger partial charge in [-0.2, -0.15) is 9.50 Å². The van der Waals surface area contributed by atoms with E-state index in [0.717, 1.165) is 6.07 Å². The number of carbonyl (C=O) groups is 1. The smallest absolute Gasteiger partial charge is 0.261 e. The van der Waals surface area contributed by atoms with Gasteiger partial charge in [0.15, 0.2) is 40.2 Å². The number of hydrogen-bond acceptors (Lipinski definition) is 10. The Hall–Kier alpha value is -4.79. The van der Waals surface area contributed by atoms with Crippen molar-refractivity contribution in [3.05, 3.63) is 48.5 Å². The standard InChI is InChI=1S/C26H26F2N10O3/c27-15-12-16(28)20(41-19-3-4-30-25(19)39)13-17(15)36-8-5-35(6-9-36)7-10-37-14-31-21-23(37)33-26(29)38-24(21)32-22(34-38)18-2-1-11-40-18/h1-2,11-14,19H,3-10H2,(H2,29,33)(H,30,39)/t19-/m1/s1. The maximum Gasteiger partial charge on any atom is 0.261 e. The molecule has 5 aromatic rings. The monoisotopic (exact) mass is 564 g/mol. The number of rotatable bonds is 7. The molecule has 7 rings (SSSR count). The largest absolute Gasteiger partial charge is 0.477 e. The number of piperazine rings is 1. The molecule has 2 saturated heterocycles. The Bertz CT molecular complexity index is 1740. The van der Waals surface area contributed by atoms with E-state index in [2.05, 4.69) is 30.3 Å². The number of benzene rings is 1. The van der Waals surface area contributed by atoms with E-state index in [1.54, 1.807) is 24.7 Å². The Labute approximate surface area is 231 Å². The Morgan fingerprint density at radius 2 is 1.95 bits per heavy atom. The van der Waals surface area contributed by atoms with E-state index in [1.807, 2.05) is 9.47 Å². The number of carbonyl (C=O) groups excluding carboxylic acids is 1. The van der Waals surface area contributed by atoms with Crippen LogP contribution in [0, 0.1) is 11.6 Å². The molecule has 4 aromatic heterocycles. The van der Waals surface area contributed by atoms with Gasteiger partial charge in [-0.1, -0.05) is 0 Å². The summed E-state index contributed by atoms with van der Waals surface area (Å²) in [5.74, 6) is -0.810. The number of fused-ring (bicyclic) bond motifs is 3. The number of hydrogen-bond donors (Lipinski definition) is 2. The van der Waals surface area contributed by atoms with Crippen LogP contribution < -0.4 is 20.7 Å². The van der Waals surface area contributed by atoms with Crippen molar-refractivity contribution in [2.45, 2.75) is 19.1 Å².